The molecule has 0 bridgehead atoms. The summed E-state index contributed by atoms with van der Waals surface area (Å²) >= 11 is 1.52. The molecule has 1 saturated carbocycles. The molecule has 0 aliphatic heterocycles. The van der Waals surface area contributed by atoms with E-state index in [4.69, 9.17) is 11.5 Å². The van der Waals surface area contributed by atoms with Crippen LogP contribution < -0.4 is 22.1 Å². The van der Waals surface area contributed by atoms with E-state index in [0.717, 1.165) is 41.6 Å². The van der Waals surface area contributed by atoms with Gasteiger partial charge < -0.3 is 22.1 Å². The van der Waals surface area contributed by atoms with Gasteiger partial charge in [0.15, 0.2) is 0 Å². The third kappa shape index (κ3) is 3.99. The van der Waals surface area contributed by atoms with E-state index >= 15 is 0 Å². The van der Waals surface area contributed by atoms with Crippen LogP contribution in [0.2, 0.25) is 0 Å². The number of fused-ring (bicyclic) bond motifs is 1. The summed E-state index contributed by atoms with van der Waals surface area (Å²) in [4.78, 5) is 20.8. The van der Waals surface area contributed by atoms with Gasteiger partial charge in [0.25, 0.3) is 5.91 Å². The van der Waals surface area contributed by atoms with Crippen LogP contribution in [0.25, 0.3) is 10.2 Å². The molecule has 2 atom stereocenters. The lowest BCUT2D eigenvalue weighted by Crippen LogP contribution is -2.43. The first-order valence-electron chi connectivity index (χ1n) is 9.42. The number of primary amides is 1. The molecule has 1 unspecified atom stereocenters. The number of carbonyl (C=O) groups is 1. The molecule has 8 nitrogen and oxygen atoms in total. The van der Waals surface area contributed by atoms with Crippen LogP contribution in [0.15, 0.2) is 29.8 Å². The van der Waals surface area contributed by atoms with Gasteiger partial charge in [-0.2, -0.15) is 5.26 Å². The molecule has 6 N–H and O–H groups in total. The number of nitrogens with two attached hydrogens (primary N) is 2. The molecule has 4 rings (SSSR count). The minimum absolute atomic E-state index is 0.00180. The van der Waals surface area contributed by atoms with Crippen LogP contribution in [0.5, 0.6) is 0 Å². The van der Waals surface area contributed by atoms with Crippen LogP contribution >= 0.6 is 11.3 Å². The minimum atomic E-state index is -0.656. The second kappa shape index (κ2) is 8.03. The zero-order valence-electron chi connectivity index (χ0n) is 15.7. The van der Waals surface area contributed by atoms with Gasteiger partial charge in [-0.05, 0) is 37.1 Å². The number of amides is 1. The molecular weight excluding hydrogens is 386 g/mol. The number of nitrogens with zero attached hydrogens (tertiary/aromatic N) is 3. The standard InChI is InChI=1S/C20H21N7OS/c21-9-11-7-13(18(23)28)20(25-12-5-6-16-17(8-12)29-10-24-16)27-19(11)26-15-4-2-1-3-14(15)22/h5-8,10,14-15H,1-4,22H2,(H2,23,28)(H2,25,26,27)/t14?,15-/m1/s1. The van der Waals surface area contributed by atoms with Crippen molar-refractivity contribution in [2.75, 3.05) is 10.6 Å². The van der Waals surface area contributed by atoms with Crippen LogP contribution in [-0.2, 0) is 0 Å². The molecule has 1 aliphatic carbocycles. The first kappa shape index (κ1) is 19.1. The van der Waals surface area contributed by atoms with E-state index in [2.05, 4.69) is 26.7 Å². The molecule has 2 heterocycles. The molecule has 1 aromatic carbocycles. The van der Waals surface area contributed by atoms with Crippen molar-refractivity contribution in [2.24, 2.45) is 11.5 Å². The smallest absolute Gasteiger partial charge is 0.252 e. The maximum atomic E-state index is 12.0. The van der Waals surface area contributed by atoms with Gasteiger partial charge in [0.1, 0.15) is 17.7 Å². The van der Waals surface area contributed by atoms with Crippen molar-refractivity contribution in [3.05, 3.63) is 40.9 Å². The fourth-order valence-corrected chi connectivity index (χ4v) is 4.29. The van der Waals surface area contributed by atoms with Crippen molar-refractivity contribution in [1.29, 1.82) is 5.26 Å². The Balaban J connectivity index is 1.70. The zero-order chi connectivity index (χ0) is 20.4. The molecule has 29 heavy (non-hydrogen) atoms. The first-order valence-corrected chi connectivity index (χ1v) is 10.3. The number of thiazole rings is 1. The number of nitrogens with one attached hydrogen (secondary N) is 2. The molecule has 1 fully saturated rings. The lowest BCUT2D eigenvalue weighted by atomic mass is 9.91. The lowest BCUT2D eigenvalue weighted by molar-refractivity contribution is 0.100. The van der Waals surface area contributed by atoms with Crippen LogP contribution in [0.4, 0.5) is 17.3 Å². The number of carbonyl (C=O) groups excluding carboxylic acids is 1. The Hall–Kier alpha value is -3.22. The predicted octanol–water partition coefficient (Wildman–Crippen LogP) is 3.09. The number of rotatable bonds is 5. The minimum Gasteiger partial charge on any atom is -0.365 e. The van der Waals surface area contributed by atoms with Crippen LogP contribution in [0.1, 0.15) is 41.6 Å². The van der Waals surface area contributed by atoms with E-state index in [1.54, 1.807) is 5.51 Å². The van der Waals surface area contributed by atoms with Crippen molar-refractivity contribution >= 4 is 44.8 Å². The topological polar surface area (TPSA) is 143 Å². The largest absolute Gasteiger partial charge is 0.365 e. The molecule has 0 spiro atoms. The van der Waals surface area contributed by atoms with Crippen molar-refractivity contribution in [3.8, 4) is 6.07 Å². The highest BCUT2D eigenvalue weighted by atomic mass is 32.1. The Kier molecular flexibility index (Phi) is 5.29. The van der Waals surface area contributed by atoms with Crippen molar-refractivity contribution < 1.29 is 4.79 Å². The molecule has 2 aromatic heterocycles. The van der Waals surface area contributed by atoms with Gasteiger partial charge in [-0.3, -0.25) is 4.79 Å². The van der Waals surface area contributed by atoms with Gasteiger partial charge in [0.05, 0.1) is 26.9 Å². The number of benzene rings is 1. The van der Waals surface area contributed by atoms with Crippen molar-refractivity contribution in [1.82, 2.24) is 9.97 Å². The van der Waals surface area contributed by atoms with E-state index in [1.165, 1.54) is 17.4 Å². The highest BCUT2D eigenvalue weighted by molar-refractivity contribution is 7.16. The summed E-state index contributed by atoms with van der Waals surface area (Å²) in [6.45, 7) is 0. The molecule has 9 heteroatoms. The number of hydrogen-bond acceptors (Lipinski definition) is 8. The Morgan fingerprint density at radius 1 is 1.24 bits per heavy atom. The summed E-state index contributed by atoms with van der Waals surface area (Å²) in [7, 11) is 0. The Bertz CT molecular complexity index is 1100. The Labute approximate surface area is 171 Å². The first-order chi connectivity index (χ1) is 14.0. The Morgan fingerprint density at radius 2 is 2.07 bits per heavy atom. The van der Waals surface area contributed by atoms with Gasteiger partial charge in [-0.15, -0.1) is 11.3 Å². The fourth-order valence-electron chi connectivity index (χ4n) is 3.58. The van der Waals surface area contributed by atoms with Crippen molar-refractivity contribution in [2.45, 2.75) is 37.8 Å². The molecule has 3 aromatic rings. The maximum Gasteiger partial charge on any atom is 0.252 e. The molecule has 0 saturated heterocycles. The fraction of sp³-hybridized carbons (Fsp3) is 0.300. The SMILES string of the molecule is N#Cc1cc(C(N)=O)c(Nc2ccc3ncsc3c2)nc1N[C@@H]1CCCCC1N. The summed E-state index contributed by atoms with van der Waals surface area (Å²) in [6, 6.07) is 9.28. The van der Waals surface area contributed by atoms with E-state index in [-0.39, 0.29) is 23.2 Å². The summed E-state index contributed by atoms with van der Waals surface area (Å²) in [5, 5.41) is 16.0. The number of nitriles is 1. The quantitative estimate of drug-likeness (QED) is 0.509. The highest BCUT2D eigenvalue weighted by Gasteiger charge is 2.24. The Morgan fingerprint density at radius 3 is 2.83 bits per heavy atom. The summed E-state index contributed by atoms with van der Waals surface area (Å²) < 4.78 is 1.01. The summed E-state index contributed by atoms with van der Waals surface area (Å²) in [6.07, 6.45) is 4.02. The van der Waals surface area contributed by atoms with Crippen LogP contribution in [0, 0.1) is 11.3 Å². The van der Waals surface area contributed by atoms with Gasteiger partial charge in [0.2, 0.25) is 0 Å². The summed E-state index contributed by atoms with van der Waals surface area (Å²) in [5.41, 5.74) is 15.6. The number of aromatic nitrogens is 2. The van der Waals surface area contributed by atoms with Gasteiger partial charge >= 0.3 is 0 Å². The average Bonchev–Trinajstić information content (AvgIpc) is 3.17. The van der Waals surface area contributed by atoms with E-state index in [1.807, 2.05) is 18.2 Å². The maximum absolute atomic E-state index is 12.0. The highest BCUT2D eigenvalue weighted by Crippen LogP contribution is 2.29. The second-order valence-corrected chi connectivity index (χ2v) is 8.00. The van der Waals surface area contributed by atoms with Crippen LogP contribution in [-0.4, -0.2) is 28.0 Å². The monoisotopic (exact) mass is 407 g/mol. The van der Waals surface area contributed by atoms with E-state index in [0.29, 0.717) is 11.6 Å². The zero-order valence-corrected chi connectivity index (χ0v) is 16.5. The second-order valence-electron chi connectivity index (χ2n) is 7.12. The number of anilines is 3. The third-order valence-corrected chi connectivity index (χ3v) is 5.94. The third-order valence-electron chi connectivity index (χ3n) is 5.14. The molecule has 0 radical (unpaired) electrons. The molecule has 148 valence electrons. The molecule has 1 amide bonds. The normalized spacial score (nSPS) is 18.9. The van der Waals surface area contributed by atoms with E-state index < -0.39 is 5.91 Å². The molecule has 1 aliphatic rings. The summed E-state index contributed by atoms with van der Waals surface area (Å²) in [5.74, 6) is 0.0461. The van der Waals surface area contributed by atoms with Gasteiger partial charge in [-0.1, -0.05) is 12.8 Å². The van der Waals surface area contributed by atoms with Crippen molar-refractivity contribution in [3.63, 3.8) is 0 Å². The number of pyridine rings is 1. The lowest BCUT2D eigenvalue weighted by Gasteiger charge is -2.30. The van der Waals surface area contributed by atoms with Crippen LogP contribution in [0.3, 0.4) is 0 Å². The predicted molar refractivity (Wildman–Crippen MR) is 114 cm³/mol. The average molecular weight is 408 g/mol. The number of hydrogen-bond donors (Lipinski definition) is 4. The van der Waals surface area contributed by atoms with Gasteiger partial charge in [-0.25, -0.2) is 9.97 Å². The molecular formula is C20H21N7OS. The van der Waals surface area contributed by atoms with E-state index in [9.17, 15) is 10.1 Å². The van der Waals surface area contributed by atoms with Gasteiger partial charge in [0, 0.05) is 17.8 Å².